The third kappa shape index (κ3) is 11.5. The van der Waals surface area contributed by atoms with Crippen LogP contribution in [0.4, 0.5) is 9.59 Å². The van der Waals surface area contributed by atoms with E-state index in [1.807, 2.05) is 6.08 Å². The van der Waals surface area contributed by atoms with Gasteiger partial charge in [0, 0.05) is 11.5 Å². The molecule has 2 atom stereocenters. The molecule has 174 valence electrons. The van der Waals surface area contributed by atoms with Crippen LogP contribution in [-0.2, 0) is 19.0 Å². The maximum Gasteiger partial charge on any atom is 0.408 e. The van der Waals surface area contributed by atoms with E-state index in [1.165, 1.54) is 0 Å². The van der Waals surface area contributed by atoms with Crippen LogP contribution in [0.1, 0.15) is 40.0 Å². The molecule has 0 aromatic rings. The third-order valence-corrected chi connectivity index (χ3v) is 3.92. The summed E-state index contributed by atoms with van der Waals surface area (Å²) in [6.07, 6.45) is 4.88. The molecule has 1 aliphatic rings. The molecule has 0 saturated carbocycles. The van der Waals surface area contributed by atoms with E-state index in [9.17, 15) is 14.4 Å². The van der Waals surface area contributed by atoms with Gasteiger partial charge in [-0.3, -0.25) is 0 Å². The van der Waals surface area contributed by atoms with Crippen molar-refractivity contribution in [1.82, 2.24) is 10.6 Å². The molecule has 2 N–H and O–H groups in total. The first-order valence-corrected chi connectivity index (χ1v) is 9.99. The number of ether oxygens (including phenoxy) is 3. The van der Waals surface area contributed by atoms with Crippen molar-refractivity contribution in [2.24, 2.45) is 5.11 Å². The lowest BCUT2D eigenvalue weighted by atomic mass is 10.0. The van der Waals surface area contributed by atoms with Crippen molar-refractivity contribution in [3.63, 3.8) is 0 Å². The summed E-state index contributed by atoms with van der Waals surface area (Å²) < 4.78 is 15.0. The predicted octanol–water partition coefficient (Wildman–Crippen LogP) is 3.02. The van der Waals surface area contributed by atoms with E-state index in [2.05, 4.69) is 20.7 Å². The average molecular weight is 448 g/mol. The van der Waals surface area contributed by atoms with E-state index in [0.717, 1.165) is 5.57 Å². The largest absolute Gasteiger partial charge is 0.449 e. The van der Waals surface area contributed by atoms with E-state index in [1.54, 1.807) is 39.0 Å². The molecule has 12 nitrogen and oxygen atoms in total. The van der Waals surface area contributed by atoms with Crippen LogP contribution in [0.15, 0.2) is 28.9 Å². The van der Waals surface area contributed by atoms with Gasteiger partial charge in [0.1, 0.15) is 24.3 Å². The number of nitrogens with one attached hydrogen (secondary N) is 2. The molecule has 0 aromatic carbocycles. The summed E-state index contributed by atoms with van der Waals surface area (Å²) in [5.41, 5.74) is 8.45. The van der Waals surface area contributed by atoms with Crippen LogP contribution < -0.4 is 10.6 Å². The zero-order valence-corrected chi connectivity index (χ0v) is 18.4. The van der Waals surface area contributed by atoms with Crippen molar-refractivity contribution in [3.8, 4) is 6.07 Å². The van der Waals surface area contributed by atoms with Crippen LogP contribution >= 0.6 is 0 Å². The minimum absolute atomic E-state index is 0.0641. The van der Waals surface area contributed by atoms with Gasteiger partial charge in [0.2, 0.25) is 0 Å². The summed E-state index contributed by atoms with van der Waals surface area (Å²) in [5, 5.41) is 17.1. The Hall–Kier alpha value is -3.71. The third-order valence-electron chi connectivity index (χ3n) is 3.92. The van der Waals surface area contributed by atoms with Gasteiger partial charge in [-0.15, -0.1) is 0 Å². The molecular formula is C20H28N6O6. The first-order valence-electron chi connectivity index (χ1n) is 9.99. The molecule has 32 heavy (non-hydrogen) atoms. The van der Waals surface area contributed by atoms with Crippen LogP contribution in [0.2, 0.25) is 0 Å². The fourth-order valence-corrected chi connectivity index (χ4v) is 2.51. The molecule has 12 heteroatoms. The molecule has 0 aliphatic heterocycles. The SMILES string of the molecule is CC(C)(C)OC(=O)N[C@@H](CCCNC(=O)OCC1=CCC(N=[N+]=[N-])C=C1)C(=O)OCC#N. The number of amides is 2. The lowest BCUT2D eigenvalue weighted by Gasteiger charge is -2.22. The van der Waals surface area contributed by atoms with E-state index >= 15 is 0 Å². The minimum Gasteiger partial charge on any atom is -0.449 e. The Morgan fingerprint density at radius 2 is 2.09 bits per heavy atom. The van der Waals surface area contributed by atoms with Crippen molar-refractivity contribution in [1.29, 1.82) is 5.26 Å². The number of azide groups is 1. The van der Waals surface area contributed by atoms with Gasteiger partial charge in [-0.05, 0) is 51.1 Å². The van der Waals surface area contributed by atoms with Gasteiger partial charge < -0.3 is 24.8 Å². The minimum atomic E-state index is -1.03. The lowest BCUT2D eigenvalue weighted by Crippen LogP contribution is -2.44. The van der Waals surface area contributed by atoms with Crippen LogP contribution in [0.3, 0.4) is 0 Å². The molecule has 0 spiro atoms. The van der Waals surface area contributed by atoms with Crippen LogP contribution in [-0.4, -0.2) is 55.6 Å². The summed E-state index contributed by atoms with van der Waals surface area (Å²) in [7, 11) is 0. The Bertz CT molecular complexity index is 819. The highest BCUT2D eigenvalue weighted by Crippen LogP contribution is 2.14. The first kappa shape index (κ1) is 26.3. The number of rotatable bonds is 10. The standard InChI is InChI=1S/C20H28N6O6/c1-20(2,3)32-19(29)24-16(17(27)30-12-10-21)5-4-11-23-18(28)31-13-14-6-8-15(9-7-14)25-26-22/h6-8,15-16H,4-5,9,11-13H2,1-3H3,(H,23,28)(H,24,29)/t15?,16-/m0/s1. The maximum atomic E-state index is 12.1. The van der Waals surface area contributed by atoms with E-state index in [-0.39, 0.29) is 25.6 Å². The summed E-state index contributed by atoms with van der Waals surface area (Å²) in [6, 6.07) is 0.420. The number of hydrogen-bond acceptors (Lipinski definition) is 8. The Kier molecular flexibility index (Phi) is 11.2. The van der Waals surface area contributed by atoms with Crippen molar-refractivity contribution in [2.75, 3.05) is 19.8 Å². The zero-order valence-electron chi connectivity index (χ0n) is 18.4. The second kappa shape index (κ2) is 13.6. The van der Waals surface area contributed by atoms with Gasteiger partial charge in [0.25, 0.3) is 0 Å². The Balaban J connectivity index is 2.40. The fourth-order valence-electron chi connectivity index (χ4n) is 2.51. The Morgan fingerprint density at radius 3 is 2.69 bits per heavy atom. The van der Waals surface area contributed by atoms with Crippen molar-refractivity contribution >= 4 is 18.2 Å². The van der Waals surface area contributed by atoms with Gasteiger partial charge in [0.15, 0.2) is 6.61 Å². The number of carbonyl (C=O) groups is 3. The molecule has 0 fully saturated rings. The highest BCUT2D eigenvalue weighted by Gasteiger charge is 2.25. The van der Waals surface area contributed by atoms with Gasteiger partial charge in [-0.1, -0.05) is 23.3 Å². The zero-order chi connectivity index (χ0) is 24.0. The highest BCUT2D eigenvalue weighted by molar-refractivity contribution is 5.81. The number of carbonyl (C=O) groups excluding carboxylic acids is 3. The van der Waals surface area contributed by atoms with Crippen LogP contribution in [0, 0.1) is 11.3 Å². The van der Waals surface area contributed by atoms with Gasteiger partial charge >= 0.3 is 18.2 Å². The summed E-state index contributed by atoms with van der Waals surface area (Å²) in [5.74, 6) is -0.768. The molecule has 2 amide bonds. The van der Waals surface area contributed by atoms with E-state index in [4.69, 9.17) is 25.0 Å². The number of nitrogens with zero attached hydrogens (tertiary/aromatic N) is 4. The number of hydrogen-bond donors (Lipinski definition) is 2. The maximum absolute atomic E-state index is 12.1. The molecule has 1 rings (SSSR count). The van der Waals surface area contributed by atoms with Crippen molar-refractivity contribution in [3.05, 3.63) is 34.2 Å². The van der Waals surface area contributed by atoms with E-state index in [0.29, 0.717) is 12.8 Å². The molecular weight excluding hydrogens is 420 g/mol. The normalized spacial score (nSPS) is 15.8. The van der Waals surface area contributed by atoms with E-state index < -0.39 is 36.4 Å². The molecule has 0 saturated heterocycles. The topological polar surface area (TPSA) is 176 Å². The number of nitriles is 1. The number of esters is 1. The van der Waals surface area contributed by atoms with Crippen LogP contribution in [0.5, 0.6) is 0 Å². The van der Waals surface area contributed by atoms with Gasteiger partial charge in [0.05, 0.1) is 6.04 Å². The van der Waals surface area contributed by atoms with Gasteiger partial charge in [-0.25, -0.2) is 14.4 Å². The van der Waals surface area contributed by atoms with Crippen LogP contribution in [0.25, 0.3) is 10.4 Å². The molecule has 1 unspecified atom stereocenters. The smallest absolute Gasteiger partial charge is 0.408 e. The molecule has 1 aliphatic carbocycles. The summed E-state index contributed by atoms with van der Waals surface area (Å²) >= 11 is 0. The quantitative estimate of drug-likeness (QED) is 0.129. The molecule has 0 radical (unpaired) electrons. The summed E-state index contributed by atoms with van der Waals surface area (Å²) in [6.45, 7) is 4.86. The lowest BCUT2D eigenvalue weighted by molar-refractivity contribution is -0.144. The average Bonchev–Trinajstić information content (AvgIpc) is 2.72. The number of alkyl carbamates (subject to hydrolysis) is 2. The van der Waals surface area contributed by atoms with Gasteiger partial charge in [-0.2, -0.15) is 5.26 Å². The second-order valence-corrected chi connectivity index (χ2v) is 7.76. The fraction of sp³-hybridized carbons (Fsp3) is 0.600. The molecule has 0 heterocycles. The highest BCUT2D eigenvalue weighted by atomic mass is 16.6. The van der Waals surface area contributed by atoms with Crippen molar-refractivity contribution < 1.29 is 28.6 Å². The second-order valence-electron chi connectivity index (χ2n) is 7.76. The summed E-state index contributed by atoms with van der Waals surface area (Å²) in [4.78, 5) is 38.6. The van der Waals surface area contributed by atoms with Crippen molar-refractivity contribution in [2.45, 2.75) is 57.7 Å². The first-order chi connectivity index (χ1) is 15.1. The Labute approximate surface area is 186 Å². The predicted molar refractivity (Wildman–Crippen MR) is 113 cm³/mol. The molecule has 0 bridgehead atoms. The monoisotopic (exact) mass is 448 g/mol. The molecule has 0 aromatic heterocycles. The Morgan fingerprint density at radius 1 is 1.34 bits per heavy atom.